The van der Waals surface area contributed by atoms with Crippen LogP contribution in [-0.4, -0.2) is 34.7 Å². The number of hydrogen-bond acceptors (Lipinski definition) is 4. The van der Waals surface area contributed by atoms with E-state index in [4.69, 9.17) is 4.42 Å². The van der Waals surface area contributed by atoms with Crippen molar-refractivity contribution in [3.8, 4) is 0 Å². The Labute approximate surface area is 87.1 Å². The average molecular weight is 208 g/mol. The number of carbonyl (C=O) groups excluding carboxylic acids is 2. The molecule has 1 aromatic rings. The van der Waals surface area contributed by atoms with E-state index in [0.717, 1.165) is 0 Å². The van der Waals surface area contributed by atoms with Crippen molar-refractivity contribution in [2.75, 3.05) is 13.1 Å². The lowest BCUT2D eigenvalue weighted by atomic mass is 10.1. The molecule has 0 saturated carbocycles. The first-order valence-electron chi connectivity index (χ1n) is 4.89. The SMILES string of the molecule is Cc1ncoc1C(=O)N1CCC(=O)CC1. The van der Waals surface area contributed by atoms with Crippen LogP contribution in [0.4, 0.5) is 0 Å². The van der Waals surface area contributed by atoms with Crippen LogP contribution < -0.4 is 0 Å². The van der Waals surface area contributed by atoms with Gasteiger partial charge in [-0.3, -0.25) is 9.59 Å². The molecule has 1 amide bonds. The molecule has 2 rings (SSSR count). The van der Waals surface area contributed by atoms with Crippen molar-refractivity contribution in [2.24, 2.45) is 0 Å². The largest absolute Gasteiger partial charge is 0.438 e. The second-order valence-electron chi connectivity index (χ2n) is 3.60. The molecule has 15 heavy (non-hydrogen) atoms. The first kappa shape index (κ1) is 9.89. The van der Waals surface area contributed by atoms with Crippen LogP contribution in [0.1, 0.15) is 29.1 Å². The van der Waals surface area contributed by atoms with Gasteiger partial charge in [0.25, 0.3) is 5.91 Å². The summed E-state index contributed by atoms with van der Waals surface area (Å²) in [6.45, 7) is 2.70. The van der Waals surface area contributed by atoms with Crippen molar-refractivity contribution in [2.45, 2.75) is 19.8 Å². The lowest BCUT2D eigenvalue weighted by Gasteiger charge is -2.24. The molecule has 0 unspecified atom stereocenters. The van der Waals surface area contributed by atoms with E-state index < -0.39 is 0 Å². The summed E-state index contributed by atoms with van der Waals surface area (Å²) in [7, 11) is 0. The maximum absolute atomic E-state index is 11.9. The van der Waals surface area contributed by atoms with Crippen LogP contribution in [-0.2, 0) is 4.79 Å². The minimum Gasteiger partial charge on any atom is -0.438 e. The van der Waals surface area contributed by atoms with E-state index in [-0.39, 0.29) is 17.5 Å². The smallest absolute Gasteiger partial charge is 0.291 e. The molecule has 0 spiro atoms. The van der Waals surface area contributed by atoms with Crippen LogP contribution in [0, 0.1) is 6.92 Å². The van der Waals surface area contributed by atoms with Crippen LogP contribution in [0.2, 0.25) is 0 Å². The minimum absolute atomic E-state index is 0.169. The van der Waals surface area contributed by atoms with E-state index in [1.165, 1.54) is 6.39 Å². The van der Waals surface area contributed by atoms with Gasteiger partial charge in [0.15, 0.2) is 6.39 Å². The zero-order valence-electron chi connectivity index (χ0n) is 8.52. The third kappa shape index (κ3) is 1.91. The number of likely N-dealkylation sites (tertiary alicyclic amines) is 1. The number of Topliss-reactive ketones (excluding diaryl/α,β-unsaturated/α-hetero) is 1. The van der Waals surface area contributed by atoms with E-state index in [2.05, 4.69) is 4.98 Å². The summed E-state index contributed by atoms with van der Waals surface area (Å²) in [4.78, 5) is 28.4. The van der Waals surface area contributed by atoms with Crippen LogP contribution in [0.5, 0.6) is 0 Å². The van der Waals surface area contributed by atoms with Gasteiger partial charge in [0.1, 0.15) is 5.78 Å². The fourth-order valence-corrected chi connectivity index (χ4v) is 1.61. The zero-order valence-corrected chi connectivity index (χ0v) is 8.52. The van der Waals surface area contributed by atoms with E-state index in [0.29, 0.717) is 31.6 Å². The fraction of sp³-hybridized carbons (Fsp3) is 0.500. The molecule has 1 aromatic heterocycles. The topological polar surface area (TPSA) is 63.4 Å². The number of nitrogens with zero attached hydrogens (tertiary/aromatic N) is 2. The van der Waals surface area contributed by atoms with Crippen LogP contribution in [0.15, 0.2) is 10.8 Å². The molecule has 1 aliphatic rings. The van der Waals surface area contributed by atoms with Crippen LogP contribution in [0.25, 0.3) is 0 Å². The lowest BCUT2D eigenvalue weighted by Crippen LogP contribution is -2.38. The Hall–Kier alpha value is -1.65. The van der Waals surface area contributed by atoms with Gasteiger partial charge in [0, 0.05) is 25.9 Å². The highest BCUT2D eigenvalue weighted by molar-refractivity contribution is 5.93. The van der Waals surface area contributed by atoms with Gasteiger partial charge in [-0.1, -0.05) is 0 Å². The second-order valence-corrected chi connectivity index (χ2v) is 3.60. The van der Waals surface area contributed by atoms with E-state index in [1.54, 1.807) is 11.8 Å². The predicted octanol–water partition coefficient (Wildman–Crippen LogP) is 0.788. The molecule has 80 valence electrons. The zero-order chi connectivity index (χ0) is 10.8. The third-order valence-electron chi connectivity index (χ3n) is 2.55. The van der Waals surface area contributed by atoms with Gasteiger partial charge in [-0.25, -0.2) is 4.98 Å². The van der Waals surface area contributed by atoms with E-state index in [9.17, 15) is 9.59 Å². The summed E-state index contributed by atoms with van der Waals surface area (Å²) < 4.78 is 5.02. The molecule has 0 bridgehead atoms. The Kier molecular flexibility index (Phi) is 2.53. The molecule has 0 radical (unpaired) electrons. The van der Waals surface area contributed by atoms with Crippen molar-refractivity contribution < 1.29 is 14.0 Å². The van der Waals surface area contributed by atoms with Gasteiger partial charge >= 0.3 is 0 Å². The molecule has 1 aliphatic heterocycles. The number of aryl methyl sites for hydroxylation is 1. The van der Waals surface area contributed by atoms with E-state index >= 15 is 0 Å². The normalized spacial score (nSPS) is 16.9. The average Bonchev–Trinajstić information content (AvgIpc) is 2.65. The molecule has 0 aliphatic carbocycles. The highest BCUT2D eigenvalue weighted by Crippen LogP contribution is 2.13. The first-order chi connectivity index (χ1) is 7.18. The first-order valence-corrected chi connectivity index (χ1v) is 4.89. The monoisotopic (exact) mass is 208 g/mol. The Bertz CT molecular complexity index is 387. The van der Waals surface area contributed by atoms with Crippen LogP contribution >= 0.6 is 0 Å². The number of rotatable bonds is 1. The predicted molar refractivity (Wildman–Crippen MR) is 51.4 cm³/mol. The summed E-state index contributed by atoms with van der Waals surface area (Å²) in [6, 6.07) is 0. The molecule has 1 saturated heterocycles. The van der Waals surface area contributed by atoms with Gasteiger partial charge in [-0.15, -0.1) is 0 Å². The Balaban J connectivity index is 2.09. The van der Waals surface area contributed by atoms with Gasteiger partial charge in [-0.05, 0) is 6.92 Å². The Morgan fingerprint density at radius 2 is 2.13 bits per heavy atom. The quantitative estimate of drug-likeness (QED) is 0.684. The number of amides is 1. The van der Waals surface area contributed by atoms with Crippen molar-refractivity contribution in [1.82, 2.24) is 9.88 Å². The number of aromatic nitrogens is 1. The second kappa shape index (κ2) is 3.84. The molecular weight excluding hydrogens is 196 g/mol. The summed E-state index contributed by atoms with van der Waals surface area (Å²) in [6.07, 6.45) is 2.15. The van der Waals surface area contributed by atoms with Gasteiger partial charge < -0.3 is 9.32 Å². The molecule has 0 aromatic carbocycles. The highest BCUT2D eigenvalue weighted by atomic mass is 16.3. The van der Waals surface area contributed by atoms with Gasteiger partial charge in [0.05, 0.1) is 5.69 Å². The number of piperidine rings is 1. The number of carbonyl (C=O) groups is 2. The van der Waals surface area contributed by atoms with Gasteiger partial charge in [-0.2, -0.15) is 0 Å². The van der Waals surface area contributed by atoms with Crippen molar-refractivity contribution >= 4 is 11.7 Å². The van der Waals surface area contributed by atoms with Gasteiger partial charge in [0.2, 0.25) is 5.76 Å². The maximum atomic E-state index is 11.9. The Morgan fingerprint density at radius 3 is 2.67 bits per heavy atom. The molecular formula is C10H12N2O3. The number of oxazole rings is 1. The molecule has 5 heteroatoms. The molecule has 0 N–H and O–H groups in total. The van der Waals surface area contributed by atoms with Crippen LogP contribution in [0.3, 0.4) is 0 Å². The summed E-state index contributed by atoms with van der Waals surface area (Å²) in [5.41, 5.74) is 0.594. The number of hydrogen-bond donors (Lipinski definition) is 0. The molecule has 2 heterocycles. The minimum atomic E-state index is -0.169. The molecule has 0 atom stereocenters. The van der Waals surface area contributed by atoms with Crippen molar-refractivity contribution in [3.05, 3.63) is 17.8 Å². The third-order valence-corrected chi connectivity index (χ3v) is 2.55. The van der Waals surface area contributed by atoms with Crippen molar-refractivity contribution in [3.63, 3.8) is 0 Å². The van der Waals surface area contributed by atoms with Crippen molar-refractivity contribution in [1.29, 1.82) is 0 Å². The molecule has 1 fully saturated rings. The Morgan fingerprint density at radius 1 is 1.47 bits per heavy atom. The standard InChI is InChI=1S/C10H12N2O3/c1-7-9(15-6-11-7)10(14)12-4-2-8(13)3-5-12/h6H,2-5H2,1H3. The fourth-order valence-electron chi connectivity index (χ4n) is 1.61. The highest BCUT2D eigenvalue weighted by Gasteiger charge is 2.25. The maximum Gasteiger partial charge on any atom is 0.291 e. The molecule has 5 nitrogen and oxygen atoms in total. The summed E-state index contributed by atoms with van der Waals surface area (Å²) in [5, 5.41) is 0. The number of ketones is 1. The van der Waals surface area contributed by atoms with E-state index in [1.807, 2.05) is 0 Å². The summed E-state index contributed by atoms with van der Waals surface area (Å²) in [5.74, 6) is 0.329. The summed E-state index contributed by atoms with van der Waals surface area (Å²) >= 11 is 0. The lowest BCUT2D eigenvalue weighted by molar-refractivity contribution is -0.120.